The van der Waals surface area contributed by atoms with E-state index in [1.807, 2.05) is 6.92 Å². The van der Waals surface area contributed by atoms with E-state index in [4.69, 9.17) is 9.47 Å². The fraction of sp³-hybridized carbons (Fsp3) is 0.500. The highest BCUT2D eigenvalue weighted by molar-refractivity contribution is 7.22. The summed E-state index contributed by atoms with van der Waals surface area (Å²) in [6, 6.07) is 11.5. The fourth-order valence-electron chi connectivity index (χ4n) is 4.25. The Balaban J connectivity index is 1.84. The van der Waals surface area contributed by atoms with Crippen LogP contribution in [0.1, 0.15) is 58.9 Å². The van der Waals surface area contributed by atoms with E-state index in [2.05, 4.69) is 4.74 Å². The maximum absolute atomic E-state index is 13.3. The molecule has 41 heavy (non-hydrogen) atoms. The van der Waals surface area contributed by atoms with Crippen LogP contribution in [0.15, 0.2) is 42.5 Å². The molecule has 0 amide bonds. The lowest BCUT2D eigenvalue weighted by atomic mass is 9.88. The van der Waals surface area contributed by atoms with Gasteiger partial charge in [-0.15, -0.1) is 24.5 Å². The summed E-state index contributed by atoms with van der Waals surface area (Å²) in [7, 11) is 0. The Bertz CT molecular complexity index is 1310. The van der Waals surface area contributed by atoms with Crippen molar-refractivity contribution >= 4 is 27.4 Å². The fourth-order valence-corrected chi connectivity index (χ4v) is 5.37. The van der Waals surface area contributed by atoms with E-state index in [9.17, 15) is 31.1 Å². The van der Waals surface area contributed by atoms with E-state index in [0.29, 0.717) is 16.0 Å². The van der Waals surface area contributed by atoms with Crippen LogP contribution in [-0.2, 0) is 16.0 Å². The number of benzene rings is 2. The molecule has 0 saturated heterocycles. The van der Waals surface area contributed by atoms with Gasteiger partial charge in [0.25, 0.3) is 0 Å². The monoisotopic (exact) mass is 604 g/mol. The normalized spacial score (nSPS) is 13.8. The smallest absolute Gasteiger partial charge is 0.493 e. The minimum absolute atomic E-state index is 0.284. The van der Waals surface area contributed by atoms with Gasteiger partial charge in [-0.05, 0) is 60.2 Å². The highest BCUT2D eigenvalue weighted by Gasteiger charge is 2.41. The highest BCUT2D eigenvalue weighted by Crippen LogP contribution is 2.42. The zero-order valence-electron chi connectivity index (χ0n) is 23.4. The predicted molar refractivity (Wildman–Crippen MR) is 147 cm³/mol. The average molecular weight is 605 g/mol. The molecule has 0 radical (unpaired) electrons. The Kier molecular flexibility index (Phi) is 10.6. The van der Waals surface area contributed by atoms with Crippen LogP contribution in [0.4, 0.5) is 26.3 Å². The summed E-state index contributed by atoms with van der Waals surface area (Å²) in [5, 5.41) is 0.728. The number of halogens is 6. The van der Waals surface area contributed by atoms with Gasteiger partial charge in [-0.1, -0.05) is 46.6 Å². The molecule has 1 heterocycles. The molecule has 3 aromatic rings. The Morgan fingerprint density at radius 1 is 0.951 bits per heavy atom. The van der Waals surface area contributed by atoms with Crippen LogP contribution in [0.25, 0.3) is 20.5 Å². The molecule has 0 aliphatic heterocycles. The van der Waals surface area contributed by atoms with Gasteiger partial charge in [-0.2, -0.15) is 13.2 Å². The number of carbonyl (C=O) groups excluding carboxylic acids is 1. The maximum atomic E-state index is 13.3. The minimum Gasteiger partial charge on any atom is -0.493 e. The second-order valence-electron chi connectivity index (χ2n) is 10.8. The zero-order chi connectivity index (χ0) is 30.4. The van der Waals surface area contributed by atoms with Gasteiger partial charge in [0, 0.05) is 20.6 Å². The topological polar surface area (TPSA) is 44.8 Å². The van der Waals surface area contributed by atoms with Gasteiger partial charge < -0.3 is 14.2 Å². The lowest BCUT2D eigenvalue weighted by Crippen LogP contribution is -2.36. The van der Waals surface area contributed by atoms with E-state index in [0.717, 1.165) is 30.2 Å². The summed E-state index contributed by atoms with van der Waals surface area (Å²) in [6.45, 7) is 5.72. The third-order valence-corrected chi connectivity index (χ3v) is 7.48. The van der Waals surface area contributed by atoms with Gasteiger partial charge in [0.2, 0.25) is 0 Å². The maximum Gasteiger partial charge on any atom is 0.573 e. The number of hydrogen-bond acceptors (Lipinski definition) is 5. The minimum atomic E-state index is -4.86. The summed E-state index contributed by atoms with van der Waals surface area (Å²) in [4.78, 5) is 12.4. The Hall–Kier alpha value is -2.95. The molecule has 226 valence electrons. The summed E-state index contributed by atoms with van der Waals surface area (Å²) in [5.41, 5.74) is -0.490. The summed E-state index contributed by atoms with van der Waals surface area (Å²) < 4.78 is 95.4. The van der Waals surface area contributed by atoms with Crippen LogP contribution < -0.4 is 9.47 Å². The standard InChI is InChI=1S/C30H34F6O4S/c1-5-6-7-8-20-9-12-23(24(13-20)40-30(34,35)36)26-14-21-10-11-22(15-25(21)41-26)38-17-28(4,16-29(31,32)33)18-39-27(37)19(2)3/h9-15,19H,5-8,16-18H2,1-4H3. The zero-order valence-corrected chi connectivity index (χ0v) is 24.2. The molecule has 0 bridgehead atoms. The molecule has 0 fully saturated rings. The third kappa shape index (κ3) is 10.1. The van der Waals surface area contributed by atoms with Crippen molar-refractivity contribution in [2.45, 2.75) is 72.3 Å². The van der Waals surface area contributed by atoms with Gasteiger partial charge in [0.15, 0.2) is 0 Å². The lowest BCUT2D eigenvalue weighted by Gasteiger charge is -2.30. The van der Waals surface area contributed by atoms with Gasteiger partial charge in [0.05, 0.1) is 18.9 Å². The Labute approximate surface area is 239 Å². The second kappa shape index (κ2) is 13.4. The number of esters is 1. The number of unbranched alkanes of at least 4 members (excludes halogenated alkanes) is 2. The first-order chi connectivity index (χ1) is 19.1. The van der Waals surface area contributed by atoms with Gasteiger partial charge >= 0.3 is 18.5 Å². The van der Waals surface area contributed by atoms with Crippen LogP contribution in [0.2, 0.25) is 0 Å². The van der Waals surface area contributed by atoms with Crippen molar-refractivity contribution in [2.75, 3.05) is 13.2 Å². The third-order valence-electron chi connectivity index (χ3n) is 6.35. The van der Waals surface area contributed by atoms with Crippen molar-refractivity contribution in [1.29, 1.82) is 0 Å². The molecule has 2 aromatic carbocycles. The van der Waals surface area contributed by atoms with Gasteiger partial charge in [-0.3, -0.25) is 4.79 Å². The molecule has 4 nitrogen and oxygen atoms in total. The van der Waals surface area contributed by atoms with Crippen molar-refractivity contribution in [3.63, 3.8) is 0 Å². The molecular formula is C30H34F6O4S. The number of rotatable bonds is 13. The van der Waals surface area contributed by atoms with Crippen molar-refractivity contribution < 1.29 is 45.3 Å². The molecule has 0 saturated carbocycles. The summed E-state index contributed by atoms with van der Waals surface area (Å²) in [6.07, 6.45) is -7.12. The molecule has 11 heteroatoms. The van der Waals surface area contributed by atoms with Crippen LogP contribution >= 0.6 is 11.3 Å². The van der Waals surface area contributed by atoms with Crippen LogP contribution in [0, 0.1) is 11.3 Å². The Morgan fingerprint density at radius 3 is 2.32 bits per heavy atom. The van der Waals surface area contributed by atoms with E-state index < -0.39 is 42.9 Å². The van der Waals surface area contributed by atoms with Crippen LogP contribution in [0.5, 0.6) is 11.5 Å². The van der Waals surface area contributed by atoms with Gasteiger partial charge in [0.1, 0.15) is 18.1 Å². The molecule has 1 aromatic heterocycles. The first kappa shape index (κ1) is 32.6. The summed E-state index contributed by atoms with van der Waals surface area (Å²) >= 11 is 1.22. The van der Waals surface area contributed by atoms with E-state index in [1.165, 1.54) is 24.3 Å². The number of fused-ring (bicyclic) bond motifs is 1. The molecular weight excluding hydrogens is 570 g/mol. The predicted octanol–water partition coefficient (Wildman–Crippen LogP) is 9.74. The molecule has 0 spiro atoms. The number of alkyl halides is 6. The van der Waals surface area contributed by atoms with Crippen molar-refractivity contribution in [1.82, 2.24) is 0 Å². The lowest BCUT2D eigenvalue weighted by molar-refractivity contribution is -0.274. The Morgan fingerprint density at radius 2 is 1.68 bits per heavy atom. The van der Waals surface area contributed by atoms with Crippen LogP contribution in [-0.4, -0.2) is 31.7 Å². The number of thiophene rings is 1. The number of carbonyl (C=O) groups is 1. The van der Waals surface area contributed by atoms with E-state index >= 15 is 0 Å². The molecule has 3 rings (SSSR count). The van der Waals surface area contributed by atoms with Crippen LogP contribution in [0.3, 0.4) is 0 Å². The quantitative estimate of drug-likeness (QED) is 0.111. The molecule has 1 atom stereocenters. The second-order valence-corrected chi connectivity index (χ2v) is 11.9. The number of hydrogen-bond donors (Lipinski definition) is 0. The van der Waals surface area contributed by atoms with E-state index in [-0.39, 0.29) is 23.7 Å². The largest absolute Gasteiger partial charge is 0.573 e. The van der Waals surface area contributed by atoms with Crippen molar-refractivity contribution in [3.8, 4) is 21.9 Å². The molecule has 0 aliphatic rings. The van der Waals surface area contributed by atoms with Gasteiger partial charge in [-0.25, -0.2) is 0 Å². The highest BCUT2D eigenvalue weighted by atomic mass is 32.1. The first-order valence-electron chi connectivity index (χ1n) is 13.4. The van der Waals surface area contributed by atoms with Crippen molar-refractivity contribution in [3.05, 3.63) is 48.0 Å². The summed E-state index contributed by atoms with van der Waals surface area (Å²) in [5.74, 6) is -1.09. The van der Waals surface area contributed by atoms with E-state index in [1.54, 1.807) is 50.2 Å². The molecule has 0 N–H and O–H groups in total. The SMILES string of the molecule is CCCCCc1ccc(-c2cc3ccc(OCC(C)(COC(=O)C(C)C)CC(F)(F)F)cc3s2)c(OC(F)(F)F)c1. The first-order valence-corrected chi connectivity index (χ1v) is 14.2. The van der Waals surface area contributed by atoms with Crippen molar-refractivity contribution in [2.24, 2.45) is 11.3 Å². The number of ether oxygens (including phenoxy) is 3. The number of aryl methyl sites for hydroxylation is 1. The average Bonchev–Trinajstić information content (AvgIpc) is 3.27. The molecule has 1 unspecified atom stereocenters. The molecule has 0 aliphatic carbocycles.